The highest BCUT2D eigenvalue weighted by Gasteiger charge is 2.61. The van der Waals surface area contributed by atoms with E-state index in [1.807, 2.05) is 23.2 Å². The Kier molecular flexibility index (Phi) is 4.89. The van der Waals surface area contributed by atoms with Gasteiger partial charge in [-0.05, 0) is 93.5 Å². The molecule has 9 heteroatoms. The van der Waals surface area contributed by atoms with Crippen LogP contribution in [-0.4, -0.2) is 30.5 Å². The predicted octanol–water partition coefficient (Wildman–Crippen LogP) is 4.87. The third kappa shape index (κ3) is 3.45. The van der Waals surface area contributed by atoms with Crippen LogP contribution in [0.15, 0.2) is 30.6 Å². The molecule has 7 rings (SSSR count). The molecule has 1 aromatic carbocycles. The maximum absolute atomic E-state index is 13.9. The molecular weight excluding hydrogens is 455 g/mol. The second-order valence-corrected chi connectivity index (χ2v) is 11.0. The Labute approximate surface area is 202 Å². The maximum atomic E-state index is 13.9. The zero-order valence-electron chi connectivity index (χ0n) is 19.4. The van der Waals surface area contributed by atoms with E-state index in [2.05, 4.69) is 20.5 Å². The first-order valence-corrected chi connectivity index (χ1v) is 12.3. The normalized spacial score (nSPS) is 29.5. The number of hydrogen-bond donors (Lipinski definition) is 1. The number of nitrogens with zero attached hydrogens (tertiary/aromatic N) is 5. The van der Waals surface area contributed by atoms with E-state index in [1.54, 1.807) is 18.5 Å². The molecule has 1 N–H and O–H groups in total. The van der Waals surface area contributed by atoms with E-state index in [1.165, 1.54) is 18.6 Å². The van der Waals surface area contributed by atoms with Gasteiger partial charge in [-0.2, -0.15) is 5.10 Å². The molecule has 4 bridgehead atoms. The highest BCUT2D eigenvalue weighted by Crippen LogP contribution is 2.64. The third-order valence-corrected chi connectivity index (χ3v) is 8.50. The van der Waals surface area contributed by atoms with Crippen molar-refractivity contribution in [2.75, 3.05) is 5.32 Å². The monoisotopic (exact) mass is 482 g/mol. The summed E-state index contributed by atoms with van der Waals surface area (Å²) in [5.41, 5.74) is 2.83. The topological polar surface area (TPSA) is 77.6 Å². The fourth-order valence-electron chi connectivity index (χ4n) is 7.26. The Morgan fingerprint density at radius 1 is 1.15 bits per heavy atom. The number of benzene rings is 1. The molecule has 178 valence electrons. The molecule has 0 spiro atoms. The lowest BCUT2D eigenvalue weighted by Crippen LogP contribution is -2.60. The molecule has 2 heterocycles. The van der Waals surface area contributed by atoms with Gasteiger partial charge in [-0.3, -0.25) is 9.48 Å². The lowest BCUT2D eigenvalue weighted by molar-refractivity contribution is -0.150. The Balaban J connectivity index is 1.27. The highest BCUT2D eigenvalue weighted by molar-refractivity contribution is 6.28. The quantitative estimate of drug-likeness (QED) is 0.563. The Morgan fingerprint density at radius 3 is 2.50 bits per heavy atom. The number of hydrogen-bond acceptors (Lipinski definition) is 4. The van der Waals surface area contributed by atoms with Crippen molar-refractivity contribution in [3.63, 3.8) is 0 Å². The van der Waals surface area contributed by atoms with Gasteiger partial charge in [-0.1, -0.05) is 12.1 Å². The van der Waals surface area contributed by atoms with Gasteiger partial charge in [0, 0.05) is 0 Å². The molecule has 2 aromatic heterocycles. The van der Waals surface area contributed by atoms with Crippen molar-refractivity contribution in [2.45, 2.75) is 64.5 Å². The van der Waals surface area contributed by atoms with Crippen molar-refractivity contribution in [1.29, 1.82) is 0 Å². The molecule has 2 unspecified atom stereocenters. The van der Waals surface area contributed by atoms with Gasteiger partial charge in [0.15, 0.2) is 0 Å². The summed E-state index contributed by atoms with van der Waals surface area (Å²) in [6.45, 7) is 4.41. The minimum absolute atomic E-state index is 0.0877. The average molecular weight is 483 g/mol. The largest absolute Gasteiger partial charge is 0.322 e. The van der Waals surface area contributed by atoms with Crippen LogP contribution in [0.25, 0.3) is 0 Å². The van der Waals surface area contributed by atoms with Crippen molar-refractivity contribution in [2.24, 2.45) is 17.3 Å². The first-order valence-electron chi connectivity index (χ1n) is 11.9. The van der Waals surface area contributed by atoms with Crippen molar-refractivity contribution in [3.8, 4) is 0 Å². The number of aryl methyl sites for hydroxylation is 1. The number of amides is 1. The number of carbonyl (C=O) groups excluding carboxylic acids is 1. The van der Waals surface area contributed by atoms with Crippen LogP contribution in [0, 0.1) is 36.9 Å². The minimum Gasteiger partial charge on any atom is -0.322 e. The van der Waals surface area contributed by atoms with Crippen molar-refractivity contribution in [1.82, 2.24) is 24.5 Å². The minimum atomic E-state index is -0.416. The summed E-state index contributed by atoms with van der Waals surface area (Å²) in [5, 5.41) is 12.6. The van der Waals surface area contributed by atoms with Gasteiger partial charge < -0.3 is 5.32 Å². The SMILES string of the molecule is Cc1nn(Cc2ccc(F)cc2)c(C)c1NC(=O)C12CC3CC(C1)CC(n1cnc(Cl)n1)(C3)C2. The van der Waals surface area contributed by atoms with E-state index in [-0.39, 0.29) is 22.5 Å². The average Bonchev–Trinajstić information content (AvgIpc) is 3.34. The number of anilines is 1. The van der Waals surface area contributed by atoms with Gasteiger partial charge in [0.05, 0.1) is 34.6 Å². The summed E-state index contributed by atoms with van der Waals surface area (Å²) in [6, 6.07) is 6.43. The van der Waals surface area contributed by atoms with Gasteiger partial charge in [0.2, 0.25) is 11.2 Å². The Bertz CT molecular complexity index is 1250. The van der Waals surface area contributed by atoms with Crippen LogP contribution in [0.1, 0.15) is 55.5 Å². The van der Waals surface area contributed by atoms with Crippen LogP contribution in [0.5, 0.6) is 0 Å². The predicted molar refractivity (Wildman–Crippen MR) is 126 cm³/mol. The molecule has 1 amide bonds. The van der Waals surface area contributed by atoms with E-state index in [9.17, 15) is 9.18 Å². The van der Waals surface area contributed by atoms with E-state index in [4.69, 9.17) is 11.6 Å². The summed E-state index contributed by atoms with van der Waals surface area (Å²) in [4.78, 5) is 18.1. The molecule has 4 saturated carbocycles. The Morgan fingerprint density at radius 2 is 1.85 bits per heavy atom. The third-order valence-electron chi connectivity index (χ3n) is 8.33. The van der Waals surface area contributed by atoms with Gasteiger partial charge in [-0.15, -0.1) is 5.10 Å². The first-order chi connectivity index (χ1) is 16.3. The lowest BCUT2D eigenvalue weighted by atomic mass is 9.46. The summed E-state index contributed by atoms with van der Waals surface area (Å²) < 4.78 is 17.1. The summed E-state index contributed by atoms with van der Waals surface area (Å²) in [6.07, 6.45) is 7.59. The fourth-order valence-corrected chi connectivity index (χ4v) is 7.39. The molecule has 34 heavy (non-hydrogen) atoms. The van der Waals surface area contributed by atoms with Crippen LogP contribution in [-0.2, 0) is 16.9 Å². The van der Waals surface area contributed by atoms with E-state index >= 15 is 0 Å². The summed E-state index contributed by atoms with van der Waals surface area (Å²) in [5.74, 6) is 0.855. The van der Waals surface area contributed by atoms with E-state index in [0.29, 0.717) is 18.4 Å². The molecule has 3 aromatic rings. The van der Waals surface area contributed by atoms with Crippen LogP contribution in [0.4, 0.5) is 10.1 Å². The van der Waals surface area contributed by atoms with Crippen LogP contribution in [0.2, 0.25) is 5.28 Å². The maximum Gasteiger partial charge on any atom is 0.242 e. The highest BCUT2D eigenvalue weighted by atomic mass is 35.5. The van der Waals surface area contributed by atoms with Crippen molar-refractivity contribution >= 4 is 23.2 Å². The van der Waals surface area contributed by atoms with Crippen LogP contribution < -0.4 is 5.32 Å². The van der Waals surface area contributed by atoms with Crippen molar-refractivity contribution < 1.29 is 9.18 Å². The standard InChI is InChI=1S/C25H28ClFN6O/c1-15-21(16(2)32(30-15)12-17-3-5-20(27)6-4-17)29-22(34)24-8-18-7-19(9-24)11-25(10-18,13-24)33-14-28-23(26)31-33/h3-6,14,18-19H,7-13H2,1-2H3,(H,29,34). The van der Waals surface area contributed by atoms with E-state index in [0.717, 1.165) is 54.7 Å². The Hall–Kier alpha value is -2.74. The van der Waals surface area contributed by atoms with Gasteiger partial charge in [0.1, 0.15) is 12.1 Å². The number of carbonyl (C=O) groups is 1. The smallest absolute Gasteiger partial charge is 0.242 e. The zero-order chi connectivity index (χ0) is 23.7. The van der Waals surface area contributed by atoms with Gasteiger partial charge in [-0.25, -0.2) is 14.1 Å². The molecule has 4 aliphatic rings. The molecule has 7 nitrogen and oxygen atoms in total. The van der Waals surface area contributed by atoms with Gasteiger partial charge in [0.25, 0.3) is 0 Å². The number of nitrogens with one attached hydrogen (secondary N) is 1. The summed E-state index contributed by atoms with van der Waals surface area (Å²) >= 11 is 6.06. The number of halogens is 2. The summed E-state index contributed by atoms with van der Waals surface area (Å²) in [7, 11) is 0. The second kappa shape index (κ2) is 7.63. The number of rotatable bonds is 5. The fraction of sp³-hybridized carbons (Fsp3) is 0.520. The van der Waals surface area contributed by atoms with Gasteiger partial charge >= 0.3 is 0 Å². The zero-order valence-corrected chi connectivity index (χ0v) is 20.1. The molecule has 0 radical (unpaired) electrons. The first kappa shape index (κ1) is 21.8. The molecular formula is C25H28ClFN6O. The molecule has 2 atom stereocenters. The molecule has 0 aliphatic heterocycles. The second-order valence-electron chi connectivity index (χ2n) is 10.7. The molecule has 0 saturated heterocycles. The van der Waals surface area contributed by atoms with Crippen LogP contribution >= 0.6 is 11.6 Å². The van der Waals surface area contributed by atoms with E-state index < -0.39 is 5.41 Å². The molecule has 4 fully saturated rings. The number of aromatic nitrogens is 5. The van der Waals surface area contributed by atoms with Crippen LogP contribution in [0.3, 0.4) is 0 Å². The van der Waals surface area contributed by atoms with Crippen molar-refractivity contribution in [3.05, 3.63) is 58.6 Å². The lowest BCUT2D eigenvalue weighted by Gasteiger charge is -2.60. The molecule has 4 aliphatic carbocycles.